The van der Waals surface area contributed by atoms with Gasteiger partial charge in [-0.2, -0.15) is 5.10 Å². The highest BCUT2D eigenvalue weighted by Gasteiger charge is 2.23. The van der Waals surface area contributed by atoms with Crippen LogP contribution in [0.3, 0.4) is 0 Å². The fraction of sp³-hybridized carbons (Fsp3) is 0.462. The molecule has 3 rings (SSSR count). The number of hydrogen-bond donors (Lipinski definition) is 1. The first-order valence-corrected chi connectivity index (χ1v) is 6.48. The van der Waals surface area contributed by atoms with Gasteiger partial charge in [-0.05, 0) is 13.0 Å². The number of anilines is 1. The van der Waals surface area contributed by atoms with Crippen LogP contribution in [0.4, 0.5) is 5.82 Å². The second-order valence-electron chi connectivity index (χ2n) is 4.95. The van der Waals surface area contributed by atoms with Gasteiger partial charge in [0.15, 0.2) is 0 Å². The number of nitrogens with zero attached hydrogens (tertiary/aromatic N) is 4. The Balaban J connectivity index is 2.15. The van der Waals surface area contributed by atoms with E-state index in [1.807, 2.05) is 6.92 Å². The number of carboxylic acid groups (broad SMARTS) is 1. The molecular formula is C13H16N4O3. The van der Waals surface area contributed by atoms with E-state index in [4.69, 9.17) is 4.74 Å². The summed E-state index contributed by atoms with van der Waals surface area (Å²) in [6.07, 6.45) is 1.59. The van der Waals surface area contributed by atoms with Crippen LogP contribution in [-0.4, -0.2) is 51.6 Å². The van der Waals surface area contributed by atoms with E-state index in [9.17, 15) is 9.90 Å². The zero-order valence-corrected chi connectivity index (χ0v) is 11.4. The molecule has 1 aliphatic heterocycles. The molecule has 1 fully saturated rings. The molecule has 3 heterocycles. The minimum absolute atomic E-state index is 0.173. The zero-order valence-electron chi connectivity index (χ0n) is 11.4. The second kappa shape index (κ2) is 4.75. The lowest BCUT2D eigenvalue weighted by molar-refractivity contribution is 0.0698. The van der Waals surface area contributed by atoms with E-state index in [2.05, 4.69) is 15.0 Å². The maximum absolute atomic E-state index is 11.5. The number of aromatic nitrogens is 3. The molecule has 2 aromatic heterocycles. The molecule has 7 nitrogen and oxygen atoms in total. The normalized spacial score (nSPS) is 19.5. The van der Waals surface area contributed by atoms with Crippen molar-refractivity contribution in [3.05, 3.63) is 17.8 Å². The summed E-state index contributed by atoms with van der Waals surface area (Å²) in [6.45, 7) is 3.99. The monoisotopic (exact) mass is 276 g/mol. The minimum Gasteiger partial charge on any atom is -0.478 e. The summed E-state index contributed by atoms with van der Waals surface area (Å²) in [5.41, 5.74) is 1.37. The molecule has 7 heteroatoms. The van der Waals surface area contributed by atoms with E-state index in [1.165, 1.54) is 4.68 Å². The molecule has 0 aliphatic carbocycles. The molecule has 106 valence electrons. The second-order valence-corrected chi connectivity index (χ2v) is 4.95. The summed E-state index contributed by atoms with van der Waals surface area (Å²) >= 11 is 0. The Labute approximate surface area is 115 Å². The molecule has 20 heavy (non-hydrogen) atoms. The molecule has 1 aliphatic rings. The molecule has 0 aromatic carbocycles. The number of morpholine rings is 1. The highest BCUT2D eigenvalue weighted by Crippen LogP contribution is 2.25. The SMILES string of the molecule is C[C@@H]1COCCN1c1cc(C(=O)O)c2c(cnn2C)n1. The molecule has 0 spiro atoms. The molecule has 2 aromatic rings. The van der Waals surface area contributed by atoms with Gasteiger partial charge in [-0.25, -0.2) is 9.78 Å². The van der Waals surface area contributed by atoms with E-state index in [0.29, 0.717) is 36.6 Å². The van der Waals surface area contributed by atoms with Crippen LogP contribution in [0.25, 0.3) is 11.0 Å². The van der Waals surface area contributed by atoms with Gasteiger partial charge in [-0.3, -0.25) is 4.68 Å². The van der Waals surface area contributed by atoms with Gasteiger partial charge in [0.05, 0.1) is 31.0 Å². The Morgan fingerprint density at radius 3 is 3.05 bits per heavy atom. The average Bonchev–Trinajstić information content (AvgIpc) is 2.80. The van der Waals surface area contributed by atoms with Crippen molar-refractivity contribution in [1.29, 1.82) is 0 Å². The lowest BCUT2D eigenvalue weighted by Gasteiger charge is -2.34. The minimum atomic E-state index is -0.969. The van der Waals surface area contributed by atoms with Crippen LogP contribution >= 0.6 is 0 Å². The number of hydrogen-bond acceptors (Lipinski definition) is 5. The first-order valence-electron chi connectivity index (χ1n) is 6.48. The summed E-state index contributed by atoms with van der Waals surface area (Å²) < 4.78 is 6.94. The van der Waals surface area contributed by atoms with Gasteiger partial charge >= 0.3 is 5.97 Å². The molecule has 1 saturated heterocycles. The summed E-state index contributed by atoms with van der Waals surface area (Å²) in [6, 6.07) is 1.79. The maximum Gasteiger partial charge on any atom is 0.338 e. The summed E-state index contributed by atoms with van der Waals surface area (Å²) in [4.78, 5) is 18.1. The number of ether oxygens (including phenoxy) is 1. The van der Waals surface area contributed by atoms with Crippen molar-refractivity contribution >= 4 is 22.8 Å². The summed E-state index contributed by atoms with van der Waals surface area (Å²) in [7, 11) is 1.72. The van der Waals surface area contributed by atoms with Crippen LogP contribution in [0.15, 0.2) is 12.3 Å². The predicted molar refractivity (Wildman–Crippen MR) is 73.1 cm³/mol. The molecule has 1 N–H and O–H groups in total. The number of carbonyl (C=O) groups is 1. The Kier molecular flexibility index (Phi) is 3.06. The molecule has 0 amide bonds. The van der Waals surface area contributed by atoms with Crippen molar-refractivity contribution in [3.8, 4) is 0 Å². The number of pyridine rings is 1. The van der Waals surface area contributed by atoms with Crippen molar-refractivity contribution < 1.29 is 14.6 Å². The van der Waals surface area contributed by atoms with Crippen LogP contribution in [0.1, 0.15) is 17.3 Å². The molecule has 1 atom stereocenters. The Bertz CT molecular complexity index is 667. The smallest absolute Gasteiger partial charge is 0.338 e. The quantitative estimate of drug-likeness (QED) is 0.877. The van der Waals surface area contributed by atoms with Gasteiger partial charge in [-0.15, -0.1) is 0 Å². The Morgan fingerprint density at radius 2 is 2.35 bits per heavy atom. The molecule has 0 radical (unpaired) electrons. The van der Waals surface area contributed by atoms with Crippen molar-refractivity contribution in [2.24, 2.45) is 7.05 Å². The van der Waals surface area contributed by atoms with E-state index in [0.717, 1.165) is 0 Å². The number of aromatic carboxylic acids is 1. The van der Waals surface area contributed by atoms with Gasteiger partial charge < -0.3 is 14.7 Å². The molecular weight excluding hydrogens is 260 g/mol. The first kappa shape index (κ1) is 12.9. The van der Waals surface area contributed by atoms with Gasteiger partial charge in [-0.1, -0.05) is 0 Å². The third-order valence-electron chi connectivity index (χ3n) is 3.58. The van der Waals surface area contributed by atoms with E-state index in [1.54, 1.807) is 19.3 Å². The number of aryl methyl sites for hydroxylation is 1. The van der Waals surface area contributed by atoms with Gasteiger partial charge in [0.1, 0.15) is 16.9 Å². The predicted octanol–water partition coefficient (Wildman–Crippen LogP) is 0.892. The summed E-state index contributed by atoms with van der Waals surface area (Å²) in [5, 5.41) is 13.5. The molecule has 0 bridgehead atoms. The third kappa shape index (κ3) is 2.00. The summed E-state index contributed by atoms with van der Waals surface area (Å²) in [5.74, 6) is -0.304. The fourth-order valence-electron chi connectivity index (χ4n) is 2.55. The van der Waals surface area contributed by atoms with E-state index in [-0.39, 0.29) is 11.6 Å². The Morgan fingerprint density at radius 1 is 1.55 bits per heavy atom. The van der Waals surface area contributed by atoms with Crippen molar-refractivity contribution in [2.45, 2.75) is 13.0 Å². The lowest BCUT2D eigenvalue weighted by atomic mass is 10.2. The molecule has 0 saturated carbocycles. The Hall–Kier alpha value is -2.15. The van der Waals surface area contributed by atoms with E-state index < -0.39 is 5.97 Å². The van der Waals surface area contributed by atoms with Crippen molar-refractivity contribution in [1.82, 2.24) is 14.8 Å². The van der Waals surface area contributed by atoms with Gasteiger partial charge in [0, 0.05) is 13.6 Å². The van der Waals surface area contributed by atoms with Crippen LogP contribution in [0.5, 0.6) is 0 Å². The van der Waals surface area contributed by atoms with Gasteiger partial charge in [0.2, 0.25) is 0 Å². The number of fused-ring (bicyclic) bond motifs is 1. The average molecular weight is 276 g/mol. The topological polar surface area (TPSA) is 80.5 Å². The van der Waals surface area contributed by atoms with Crippen LogP contribution in [0.2, 0.25) is 0 Å². The van der Waals surface area contributed by atoms with Crippen molar-refractivity contribution in [2.75, 3.05) is 24.7 Å². The van der Waals surface area contributed by atoms with Crippen LogP contribution in [0, 0.1) is 0 Å². The zero-order chi connectivity index (χ0) is 14.3. The fourth-order valence-corrected chi connectivity index (χ4v) is 2.55. The van der Waals surface area contributed by atoms with Crippen molar-refractivity contribution in [3.63, 3.8) is 0 Å². The third-order valence-corrected chi connectivity index (χ3v) is 3.58. The van der Waals surface area contributed by atoms with E-state index >= 15 is 0 Å². The first-order chi connectivity index (χ1) is 9.58. The highest BCUT2D eigenvalue weighted by atomic mass is 16.5. The lowest BCUT2D eigenvalue weighted by Crippen LogP contribution is -2.44. The highest BCUT2D eigenvalue weighted by molar-refractivity contribution is 6.01. The van der Waals surface area contributed by atoms with Crippen LogP contribution < -0.4 is 4.90 Å². The number of carboxylic acids is 1. The molecule has 0 unspecified atom stereocenters. The van der Waals surface area contributed by atoms with Gasteiger partial charge in [0.25, 0.3) is 0 Å². The number of rotatable bonds is 2. The largest absolute Gasteiger partial charge is 0.478 e. The maximum atomic E-state index is 11.5. The standard InChI is InChI=1S/C13H16N4O3/c1-8-7-20-4-3-17(8)11-5-9(13(18)19)12-10(15-11)6-14-16(12)2/h5-6,8H,3-4,7H2,1-2H3,(H,18,19)/t8-/m1/s1. The van der Waals surface area contributed by atoms with Crippen LogP contribution in [-0.2, 0) is 11.8 Å².